The normalized spacial score (nSPS) is 22.1. The van der Waals surface area contributed by atoms with Crippen molar-refractivity contribution < 1.29 is 18.6 Å². The van der Waals surface area contributed by atoms with Gasteiger partial charge in [-0.1, -0.05) is 13.3 Å². The zero-order valence-corrected chi connectivity index (χ0v) is 14.2. The summed E-state index contributed by atoms with van der Waals surface area (Å²) in [7, 11) is -1.47. The molecule has 122 valence electrons. The van der Waals surface area contributed by atoms with E-state index < -0.39 is 8.03 Å². The molecule has 5 nitrogen and oxygen atoms in total. The molecule has 0 saturated heterocycles. The van der Waals surface area contributed by atoms with Crippen LogP contribution in [0.25, 0.3) is 0 Å². The Hall–Kier alpha value is -0.670. The van der Waals surface area contributed by atoms with Gasteiger partial charge in [0.15, 0.2) is 6.16 Å². The van der Waals surface area contributed by atoms with Crippen LogP contribution in [-0.2, 0) is 13.8 Å². The molecule has 0 aromatic heterocycles. The van der Waals surface area contributed by atoms with Crippen molar-refractivity contribution in [1.82, 2.24) is 5.32 Å². The maximum Gasteiger partial charge on any atom is 0.508 e. The molecule has 1 fully saturated rings. The van der Waals surface area contributed by atoms with Gasteiger partial charge in [-0.05, 0) is 55.9 Å². The Morgan fingerprint density at radius 2 is 2.10 bits per heavy atom. The smallest absolute Gasteiger partial charge is 0.450 e. The van der Waals surface area contributed by atoms with Gasteiger partial charge in [0, 0.05) is 6.04 Å². The first-order chi connectivity index (χ1) is 10.2. The Morgan fingerprint density at radius 1 is 1.29 bits per heavy atom. The largest absolute Gasteiger partial charge is 0.508 e. The predicted octanol–water partition coefficient (Wildman–Crippen LogP) is 4.24. The van der Waals surface area contributed by atoms with Gasteiger partial charge >= 0.3 is 14.1 Å². The molecule has 21 heavy (non-hydrogen) atoms. The molecule has 0 spiro atoms. The molecule has 0 aliphatic heterocycles. The molecule has 1 aliphatic carbocycles. The van der Waals surface area contributed by atoms with Crippen molar-refractivity contribution in [2.45, 2.75) is 64.8 Å². The van der Waals surface area contributed by atoms with Crippen LogP contribution in [0.1, 0.15) is 58.8 Å². The third-order valence-corrected chi connectivity index (χ3v) is 5.05. The topological polar surface area (TPSA) is 64.6 Å². The monoisotopic (exact) mass is 318 g/mol. The van der Waals surface area contributed by atoms with Crippen LogP contribution in [0, 0.1) is 5.92 Å². The van der Waals surface area contributed by atoms with Crippen molar-refractivity contribution in [3.8, 4) is 0 Å². The standard InChI is InChI=1S/C15H28NO4P/c1-3-5-10-19-15(17)16-14-9-8-13(12-14)7-6-11-21(18)20-4-2/h13-14H,3-12H2,1-2H3/p+1/t13-,14-/m0/s1. The fourth-order valence-electron chi connectivity index (χ4n) is 2.70. The van der Waals surface area contributed by atoms with E-state index in [-0.39, 0.29) is 12.1 Å². The number of nitrogens with one attached hydrogen (secondary N) is 1. The van der Waals surface area contributed by atoms with Crippen LogP contribution in [0.4, 0.5) is 4.79 Å². The number of hydrogen-bond donors (Lipinski definition) is 1. The Morgan fingerprint density at radius 3 is 2.81 bits per heavy atom. The fraction of sp³-hybridized carbons (Fsp3) is 0.933. The summed E-state index contributed by atoms with van der Waals surface area (Å²) in [5.74, 6) is 0.621. The SMILES string of the molecule is CCCCOC(=O)N[C@H]1CC[C@H](CCC[P+](=O)OCC)C1. The molecule has 1 amide bonds. The average molecular weight is 318 g/mol. The molecule has 0 aromatic carbocycles. The first-order valence-electron chi connectivity index (χ1n) is 8.16. The van der Waals surface area contributed by atoms with Gasteiger partial charge in [0.1, 0.15) is 0 Å². The zero-order valence-electron chi connectivity index (χ0n) is 13.3. The van der Waals surface area contributed by atoms with Crippen molar-refractivity contribution in [3.63, 3.8) is 0 Å². The molecule has 1 aliphatic rings. The highest BCUT2D eigenvalue weighted by Gasteiger charge is 2.27. The first kappa shape index (κ1) is 18.4. The minimum Gasteiger partial charge on any atom is -0.450 e. The maximum atomic E-state index is 11.6. The van der Waals surface area contributed by atoms with Gasteiger partial charge < -0.3 is 10.1 Å². The van der Waals surface area contributed by atoms with E-state index in [0.29, 0.717) is 25.3 Å². The first-order valence-corrected chi connectivity index (χ1v) is 9.52. The third-order valence-electron chi connectivity index (χ3n) is 3.82. The van der Waals surface area contributed by atoms with Gasteiger partial charge in [0.05, 0.1) is 13.2 Å². The quantitative estimate of drug-likeness (QED) is 0.483. The van der Waals surface area contributed by atoms with Crippen LogP contribution in [-0.4, -0.2) is 31.5 Å². The summed E-state index contributed by atoms with van der Waals surface area (Å²) in [5.41, 5.74) is 0. The van der Waals surface area contributed by atoms with Gasteiger partial charge in [-0.3, -0.25) is 0 Å². The number of alkyl carbamates (subject to hydrolysis) is 1. The van der Waals surface area contributed by atoms with Crippen molar-refractivity contribution in [3.05, 3.63) is 0 Å². The second-order valence-electron chi connectivity index (χ2n) is 5.63. The second kappa shape index (κ2) is 11.0. The summed E-state index contributed by atoms with van der Waals surface area (Å²) >= 11 is 0. The maximum absolute atomic E-state index is 11.6. The molecular weight excluding hydrogens is 289 g/mol. The van der Waals surface area contributed by atoms with E-state index in [1.807, 2.05) is 6.92 Å². The Kier molecular flexibility index (Phi) is 9.60. The van der Waals surface area contributed by atoms with E-state index in [2.05, 4.69) is 12.2 Å². The molecule has 6 heteroatoms. The highest BCUT2D eigenvalue weighted by atomic mass is 31.1. The lowest BCUT2D eigenvalue weighted by atomic mass is 10.0. The Labute approximate surface area is 129 Å². The lowest BCUT2D eigenvalue weighted by molar-refractivity contribution is 0.140. The van der Waals surface area contributed by atoms with Crippen LogP contribution < -0.4 is 5.32 Å². The Balaban J connectivity index is 2.09. The van der Waals surface area contributed by atoms with Crippen LogP contribution in [0.5, 0.6) is 0 Å². The number of rotatable bonds is 10. The number of hydrogen-bond acceptors (Lipinski definition) is 4. The minimum atomic E-state index is -1.47. The van der Waals surface area contributed by atoms with Crippen molar-refractivity contribution in [2.75, 3.05) is 19.4 Å². The van der Waals surface area contributed by atoms with E-state index in [0.717, 1.165) is 44.9 Å². The highest BCUT2D eigenvalue weighted by molar-refractivity contribution is 7.39. The summed E-state index contributed by atoms with van der Waals surface area (Å²) < 4.78 is 21.6. The number of unbranched alkanes of at least 4 members (excludes halogenated alkanes) is 1. The average Bonchev–Trinajstić information content (AvgIpc) is 2.87. The summed E-state index contributed by atoms with van der Waals surface area (Å²) in [5, 5.41) is 2.94. The molecule has 0 heterocycles. The van der Waals surface area contributed by atoms with E-state index in [1.165, 1.54) is 0 Å². The van der Waals surface area contributed by atoms with E-state index in [9.17, 15) is 9.36 Å². The highest BCUT2D eigenvalue weighted by Crippen LogP contribution is 2.31. The third kappa shape index (κ3) is 8.37. The summed E-state index contributed by atoms with van der Waals surface area (Å²) in [6, 6.07) is 0.241. The lowest BCUT2D eigenvalue weighted by Crippen LogP contribution is -2.33. The van der Waals surface area contributed by atoms with Gasteiger partial charge in [0.2, 0.25) is 0 Å². The second-order valence-corrected chi connectivity index (χ2v) is 7.00. The summed E-state index contributed by atoms with van der Waals surface area (Å²) in [6.07, 6.45) is 7.47. The van der Waals surface area contributed by atoms with Crippen molar-refractivity contribution in [1.29, 1.82) is 0 Å². The van der Waals surface area contributed by atoms with Crippen molar-refractivity contribution in [2.24, 2.45) is 5.92 Å². The number of amides is 1. The van der Waals surface area contributed by atoms with Gasteiger partial charge in [-0.2, -0.15) is 0 Å². The van der Waals surface area contributed by atoms with E-state index in [4.69, 9.17) is 9.26 Å². The van der Waals surface area contributed by atoms with Gasteiger partial charge in [-0.15, -0.1) is 4.52 Å². The molecular formula is C15H29NO4P+. The fourth-order valence-corrected chi connectivity index (χ4v) is 3.56. The predicted molar refractivity (Wildman–Crippen MR) is 83.9 cm³/mol. The zero-order chi connectivity index (χ0) is 15.5. The molecule has 0 radical (unpaired) electrons. The summed E-state index contributed by atoms with van der Waals surface area (Å²) in [4.78, 5) is 11.6. The van der Waals surface area contributed by atoms with E-state index in [1.54, 1.807) is 0 Å². The van der Waals surface area contributed by atoms with Gasteiger partial charge in [-0.25, -0.2) is 4.79 Å². The minimum absolute atomic E-state index is 0.241. The molecule has 1 rings (SSSR count). The van der Waals surface area contributed by atoms with Crippen LogP contribution >= 0.6 is 8.03 Å². The molecule has 3 atom stereocenters. The van der Waals surface area contributed by atoms with Crippen molar-refractivity contribution >= 4 is 14.1 Å². The molecule has 1 N–H and O–H groups in total. The van der Waals surface area contributed by atoms with Crippen LogP contribution in [0.2, 0.25) is 0 Å². The Bertz CT molecular complexity index is 325. The number of carbonyl (C=O) groups is 1. The summed E-state index contributed by atoms with van der Waals surface area (Å²) in [6.45, 7) is 4.95. The molecule has 1 unspecified atom stereocenters. The lowest BCUT2D eigenvalue weighted by Gasteiger charge is -2.13. The molecule has 1 saturated carbocycles. The van der Waals surface area contributed by atoms with E-state index >= 15 is 0 Å². The van der Waals surface area contributed by atoms with Gasteiger partial charge in [0.25, 0.3) is 0 Å². The number of carbonyl (C=O) groups excluding carboxylic acids is 1. The van der Waals surface area contributed by atoms with Crippen LogP contribution in [0.15, 0.2) is 0 Å². The number of ether oxygens (including phenoxy) is 1. The molecule has 0 bridgehead atoms. The van der Waals surface area contributed by atoms with Crippen LogP contribution in [0.3, 0.4) is 0 Å². The molecule has 0 aromatic rings.